The second kappa shape index (κ2) is 12.8. The van der Waals surface area contributed by atoms with E-state index in [0.29, 0.717) is 44.7 Å². The minimum Gasteiger partial charge on any atom is -0.493 e. The molecule has 0 spiro atoms. The maximum atomic E-state index is 14.0. The number of hydrogen-bond donors (Lipinski definition) is 0. The van der Waals surface area contributed by atoms with Crippen molar-refractivity contribution in [1.82, 2.24) is 4.98 Å². The maximum absolute atomic E-state index is 14.0. The number of thioether (sulfide) groups is 1. The van der Waals surface area contributed by atoms with Gasteiger partial charge in [-0.15, -0.1) is 0 Å². The number of nitrogens with zero attached hydrogens (tertiary/aromatic N) is 3. The Labute approximate surface area is 264 Å². The van der Waals surface area contributed by atoms with E-state index in [0.717, 1.165) is 26.7 Å². The third kappa shape index (κ3) is 5.46. The number of rotatable bonds is 8. The zero-order chi connectivity index (χ0) is 30.6. The molecule has 6 rings (SSSR count). The first-order chi connectivity index (χ1) is 21.6. The first-order valence-electron chi connectivity index (χ1n) is 13.7. The molecule has 9 heteroatoms. The van der Waals surface area contributed by atoms with Crippen LogP contribution in [0.4, 0.5) is 11.4 Å². The number of methoxy groups -OCH3 is 3. The molecule has 0 radical (unpaired) electrons. The lowest BCUT2D eigenvalue weighted by Gasteiger charge is -2.31. The van der Waals surface area contributed by atoms with Crippen LogP contribution < -0.4 is 19.1 Å². The highest BCUT2D eigenvalue weighted by Crippen LogP contribution is 2.48. The van der Waals surface area contributed by atoms with Gasteiger partial charge in [0.15, 0.2) is 11.5 Å². The third-order valence-corrected chi connectivity index (χ3v) is 9.25. The molecule has 0 saturated heterocycles. The quantitative estimate of drug-likeness (QED) is 0.161. The Balaban J connectivity index is 1.44. The summed E-state index contributed by atoms with van der Waals surface area (Å²) in [4.78, 5) is 22.7. The molecule has 5 aromatic rings. The number of pyridine rings is 1. The van der Waals surface area contributed by atoms with Crippen LogP contribution in [0.1, 0.15) is 5.56 Å². The summed E-state index contributed by atoms with van der Waals surface area (Å²) in [5.41, 5.74) is 4.92. The van der Waals surface area contributed by atoms with Crippen molar-refractivity contribution in [2.45, 2.75) is 14.8 Å². The molecular weight excluding hydrogens is 591 g/mol. The van der Waals surface area contributed by atoms with E-state index in [1.54, 1.807) is 38.0 Å². The Kier molecular flexibility index (Phi) is 8.46. The monoisotopic (exact) mass is 617 g/mol. The summed E-state index contributed by atoms with van der Waals surface area (Å²) >= 11 is 2.90. The average molecular weight is 618 g/mol. The Morgan fingerprint density at radius 3 is 1.98 bits per heavy atom. The molecule has 1 aliphatic rings. The van der Waals surface area contributed by atoms with Gasteiger partial charge < -0.3 is 14.2 Å². The van der Waals surface area contributed by atoms with Crippen LogP contribution in [-0.2, 0) is 4.79 Å². The maximum Gasteiger partial charge on any atom is 0.242 e. The standard InChI is InChI=1S/C35H27N3O4S2/c1-40-29-17-23(18-30(41-2)34(29)42-3)24-19-26(22-11-5-4-6-12-22)37-35(25(24)20-36)43-21-33(39)38-27-13-7-9-15-31(27)44-32-16-10-8-14-28(32)38/h4-19H,21H2,1-3H3. The smallest absolute Gasteiger partial charge is 0.242 e. The van der Waals surface area contributed by atoms with Gasteiger partial charge in [-0.2, -0.15) is 5.26 Å². The van der Waals surface area contributed by atoms with Gasteiger partial charge in [0.05, 0.1) is 49.7 Å². The SMILES string of the molecule is COc1cc(-c2cc(-c3ccccc3)nc(SCC(=O)N3c4ccccc4Sc4ccccc43)c2C#N)cc(OC)c1OC. The molecule has 0 N–H and O–H groups in total. The summed E-state index contributed by atoms with van der Waals surface area (Å²) in [5.74, 6) is 1.35. The minimum absolute atomic E-state index is 0.0714. The van der Waals surface area contributed by atoms with Gasteiger partial charge in [0.2, 0.25) is 11.7 Å². The molecule has 0 atom stereocenters. The van der Waals surface area contributed by atoms with E-state index in [9.17, 15) is 10.1 Å². The molecule has 7 nitrogen and oxygen atoms in total. The van der Waals surface area contributed by atoms with Crippen molar-refractivity contribution in [3.05, 3.63) is 103 Å². The molecule has 0 unspecified atom stereocenters. The number of para-hydroxylation sites is 2. The number of amides is 1. The molecule has 2 heterocycles. The molecular formula is C35H27N3O4S2. The van der Waals surface area contributed by atoms with Crippen molar-refractivity contribution in [2.75, 3.05) is 32.0 Å². The van der Waals surface area contributed by atoms with E-state index in [-0.39, 0.29) is 11.7 Å². The highest BCUT2D eigenvalue weighted by Gasteiger charge is 2.28. The molecule has 0 saturated carbocycles. The van der Waals surface area contributed by atoms with Crippen molar-refractivity contribution in [3.8, 4) is 45.7 Å². The number of nitriles is 1. The fraction of sp³-hybridized carbons (Fsp3) is 0.114. The van der Waals surface area contributed by atoms with Gasteiger partial charge >= 0.3 is 0 Å². The first-order valence-corrected chi connectivity index (χ1v) is 15.5. The summed E-state index contributed by atoms with van der Waals surface area (Å²) in [5, 5.41) is 10.9. The number of aromatic nitrogens is 1. The van der Waals surface area contributed by atoms with Gasteiger partial charge in [0.25, 0.3) is 0 Å². The second-order valence-corrected chi connectivity index (χ2v) is 11.7. The molecule has 44 heavy (non-hydrogen) atoms. The number of benzene rings is 4. The predicted octanol–water partition coefficient (Wildman–Crippen LogP) is 8.23. The molecule has 1 aliphatic heterocycles. The Morgan fingerprint density at radius 1 is 0.818 bits per heavy atom. The number of anilines is 2. The van der Waals surface area contributed by atoms with Gasteiger partial charge in [-0.3, -0.25) is 9.69 Å². The van der Waals surface area contributed by atoms with E-state index < -0.39 is 0 Å². The van der Waals surface area contributed by atoms with Crippen LogP contribution in [-0.4, -0.2) is 38.0 Å². The highest BCUT2D eigenvalue weighted by atomic mass is 32.2. The van der Waals surface area contributed by atoms with E-state index in [4.69, 9.17) is 19.2 Å². The number of carbonyl (C=O) groups is 1. The lowest BCUT2D eigenvalue weighted by atomic mass is 9.98. The third-order valence-electron chi connectivity index (χ3n) is 7.16. The second-order valence-electron chi connectivity index (χ2n) is 9.68. The largest absolute Gasteiger partial charge is 0.493 e. The number of fused-ring (bicyclic) bond motifs is 2. The summed E-state index contributed by atoms with van der Waals surface area (Å²) in [6.45, 7) is 0. The van der Waals surface area contributed by atoms with Crippen LogP contribution in [0.2, 0.25) is 0 Å². The molecule has 1 aromatic heterocycles. The predicted molar refractivity (Wildman–Crippen MR) is 174 cm³/mol. The number of carbonyl (C=O) groups excluding carboxylic acids is 1. The Hall–Kier alpha value is -4.91. The molecule has 218 valence electrons. The summed E-state index contributed by atoms with van der Waals surface area (Å²) in [7, 11) is 4.65. The number of ether oxygens (including phenoxy) is 3. The molecule has 4 aromatic carbocycles. The van der Waals surface area contributed by atoms with Gasteiger partial charge in [-0.25, -0.2) is 4.98 Å². The van der Waals surface area contributed by atoms with Gasteiger partial charge in [0, 0.05) is 20.9 Å². The van der Waals surface area contributed by atoms with Crippen molar-refractivity contribution in [1.29, 1.82) is 5.26 Å². The Bertz CT molecular complexity index is 1840. The van der Waals surface area contributed by atoms with Gasteiger partial charge in [-0.05, 0) is 48.0 Å². The van der Waals surface area contributed by atoms with Crippen LogP contribution in [0.5, 0.6) is 17.2 Å². The van der Waals surface area contributed by atoms with Crippen molar-refractivity contribution < 1.29 is 19.0 Å². The minimum atomic E-state index is -0.111. The zero-order valence-electron chi connectivity index (χ0n) is 24.2. The highest BCUT2D eigenvalue weighted by molar-refractivity contribution is 8.00. The van der Waals surface area contributed by atoms with Crippen LogP contribution in [0.3, 0.4) is 0 Å². The summed E-state index contributed by atoms with van der Waals surface area (Å²) in [6.07, 6.45) is 0. The van der Waals surface area contributed by atoms with Crippen molar-refractivity contribution in [2.24, 2.45) is 0 Å². The first kappa shape index (κ1) is 29.2. The summed E-state index contributed by atoms with van der Waals surface area (Å²) in [6, 6.07) is 33.4. The lowest BCUT2D eigenvalue weighted by Crippen LogP contribution is -2.30. The van der Waals surface area contributed by atoms with E-state index in [1.165, 1.54) is 11.8 Å². The molecule has 0 bridgehead atoms. The molecule has 1 amide bonds. The lowest BCUT2D eigenvalue weighted by molar-refractivity contribution is -0.115. The van der Waals surface area contributed by atoms with Crippen LogP contribution in [0, 0.1) is 11.3 Å². The molecule has 0 aliphatic carbocycles. The van der Waals surface area contributed by atoms with Gasteiger partial charge in [-0.1, -0.05) is 78.1 Å². The van der Waals surface area contributed by atoms with Crippen molar-refractivity contribution >= 4 is 40.8 Å². The fourth-order valence-electron chi connectivity index (χ4n) is 5.12. The topological polar surface area (TPSA) is 84.7 Å². The van der Waals surface area contributed by atoms with Crippen LogP contribution >= 0.6 is 23.5 Å². The summed E-state index contributed by atoms with van der Waals surface area (Å²) < 4.78 is 16.7. The van der Waals surface area contributed by atoms with Gasteiger partial charge in [0.1, 0.15) is 11.1 Å². The zero-order valence-corrected chi connectivity index (χ0v) is 25.9. The average Bonchev–Trinajstić information content (AvgIpc) is 3.08. The van der Waals surface area contributed by atoms with E-state index in [2.05, 4.69) is 6.07 Å². The van der Waals surface area contributed by atoms with E-state index in [1.807, 2.05) is 97.1 Å². The van der Waals surface area contributed by atoms with Crippen LogP contribution in [0.25, 0.3) is 22.4 Å². The Morgan fingerprint density at radius 2 is 1.41 bits per heavy atom. The fourth-order valence-corrected chi connectivity index (χ4v) is 7.03. The normalized spacial score (nSPS) is 11.6. The molecule has 0 fully saturated rings. The van der Waals surface area contributed by atoms with E-state index >= 15 is 0 Å². The number of hydrogen-bond acceptors (Lipinski definition) is 8. The van der Waals surface area contributed by atoms with Crippen molar-refractivity contribution in [3.63, 3.8) is 0 Å². The van der Waals surface area contributed by atoms with Crippen LogP contribution in [0.15, 0.2) is 112 Å².